The van der Waals surface area contributed by atoms with Crippen LogP contribution in [0.25, 0.3) is 0 Å². The van der Waals surface area contributed by atoms with Crippen LogP contribution in [0.15, 0.2) is 41.1 Å². The first-order chi connectivity index (χ1) is 10.2. The first kappa shape index (κ1) is 15.1. The van der Waals surface area contributed by atoms with E-state index in [4.69, 9.17) is 0 Å². The molecule has 1 aromatic carbocycles. The lowest BCUT2D eigenvalue weighted by Gasteiger charge is -2.08. The molecule has 110 valence electrons. The van der Waals surface area contributed by atoms with Crippen molar-refractivity contribution in [1.29, 1.82) is 0 Å². The molecule has 21 heavy (non-hydrogen) atoms. The number of benzene rings is 1. The molecular weight excluding hydrogens is 288 g/mol. The maximum atomic E-state index is 11.8. The highest BCUT2D eigenvalue weighted by Crippen LogP contribution is 2.21. The number of anilines is 1. The lowest BCUT2D eigenvalue weighted by atomic mass is 10.1. The average molecular weight is 304 g/mol. The number of ether oxygens (including phenoxy) is 1. The van der Waals surface area contributed by atoms with Gasteiger partial charge in [-0.1, -0.05) is 30.3 Å². The minimum Gasteiger partial charge on any atom is -0.465 e. The largest absolute Gasteiger partial charge is 0.465 e. The van der Waals surface area contributed by atoms with E-state index in [1.165, 1.54) is 18.4 Å². The highest BCUT2D eigenvalue weighted by Gasteiger charge is 2.14. The number of thiophene rings is 1. The maximum Gasteiger partial charge on any atom is 0.340 e. The summed E-state index contributed by atoms with van der Waals surface area (Å²) in [6.07, 6.45) is 0.752. The molecule has 5 nitrogen and oxygen atoms in total. The normalized spacial score (nSPS) is 9.95. The van der Waals surface area contributed by atoms with Gasteiger partial charge in [-0.25, -0.2) is 9.59 Å². The molecule has 2 amide bonds. The Kier molecular flexibility index (Phi) is 5.34. The van der Waals surface area contributed by atoms with Gasteiger partial charge in [0, 0.05) is 17.3 Å². The van der Waals surface area contributed by atoms with Gasteiger partial charge in [-0.2, -0.15) is 0 Å². The molecule has 0 bridgehead atoms. The summed E-state index contributed by atoms with van der Waals surface area (Å²) in [7, 11) is 1.31. The van der Waals surface area contributed by atoms with E-state index in [1.54, 1.807) is 10.8 Å². The van der Waals surface area contributed by atoms with Crippen LogP contribution < -0.4 is 10.6 Å². The Labute approximate surface area is 126 Å². The number of hydrogen-bond acceptors (Lipinski definition) is 4. The number of carbonyl (C=O) groups is 2. The van der Waals surface area contributed by atoms with Crippen LogP contribution in [0, 0.1) is 0 Å². The summed E-state index contributed by atoms with van der Waals surface area (Å²) < 4.78 is 4.65. The number of urea groups is 1. The van der Waals surface area contributed by atoms with E-state index >= 15 is 0 Å². The van der Waals surface area contributed by atoms with Crippen molar-refractivity contribution < 1.29 is 14.3 Å². The van der Waals surface area contributed by atoms with Crippen LogP contribution in [0.4, 0.5) is 10.5 Å². The number of amides is 2. The van der Waals surface area contributed by atoms with Crippen molar-refractivity contribution in [3.63, 3.8) is 0 Å². The van der Waals surface area contributed by atoms with Gasteiger partial charge >= 0.3 is 12.0 Å². The van der Waals surface area contributed by atoms with Crippen molar-refractivity contribution in [2.45, 2.75) is 6.42 Å². The monoisotopic (exact) mass is 304 g/mol. The third-order valence-electron chi connectivity index (χ3n) is 2.86. The first-order valence-electron chi connectivity index (χ1n) is 6.44. The third-order valence-corrected chi connectivity index (χ3v) is 3.60. The molecule has 0 radical (unpaired) electrons. The van der Waals surface area contributed by atoms with E-state index in [9.17, 15) is 9.59 Å². The Balaban J connectivity index is 1.82. The minimum absolute atomic E-state index is 0.338. The molecule has 0 aliphatic heterocycles. The van der Waals surface area contributed by atoms with Crippen LogP contribution in [0.3, 0.4) is 0 Å². The zero-order valence-corrected chi connectivity index (χ0v) is 12.4. The number of methoxy groups -OCH3 is 1. The first-order valence-corrected chi connectivity index (χ1v) is 7.38. The molecule has 0 aliphatic carbocycles. The van der Waals surface area contributed by atoms with Crippen LogP contribution in [0.2, 0.25) is 0 Å². The molecule has 0 fully saturated rings. The summed E-state index contributed by atoms with van der Waals surface area (Å²) in [5.74, 6) is -0.462. The minimum atomic E-state index is -0.462. The number of hydrogen-bond donors (Lipinski definition) is 2. The summed E-state index contributed by atoms with van der Waals surface area (Å²) in [5.41, 5.74) is 1.98. The Morgan fingerprint density at radius 3 is 2.67 bits per heavy atom. The predicted octanol–water partition coefficient (Wildman–Crippen LogP) is 2.90. The molecule has 2 N–H and O–H groups in total. The van der Waals surface area contributed by atoms with Crippen LogP contribution in [0.1, 0.15) is 15.9 Å². The number of nitrogens with one attached hydrogen (secondary N) is 2. The van der Waals surface area contributed by atoms with Gasteiger partial charge in [0.1, 0.15) is 0 Å². The molecule has 0 saturated heterocycles. The Morgan fingerprint density at radius 2 is 1.95 bits per heavy atom. The van der Waals surface area contributed by atoms with E-state index in [0.29, 0.717) is 17.8 Å². The molecule has 0 atom stereocenters. The summed E-state index contributed by atoms with van der Waals surface area (Å²) in [5, 5.41) is 8.75. The third kappa shape index (κ3) is 4.32. The molecule has 6 heteroatoms. The van der Waals surface area contributed by atoms with E-state index in [-0.39, 0.29) is 6.03 Å². The fraction of sp³-hybridized carbons (Fsp3) is 0.200. The van der Waals surface area contributed by atoms with E-state index in [0.717, 1.165) is 12.0 Å². The lowest BCUT2D eigenvalue weighted by Crippen LogP contribution is -2.30. The van der Waals surface area contributed by atoms with Gasteiger partial charge in [-0.05, 0) is 12.0 Å². The Hall–Kier alpha value is -2.34. The second-order valence-corrected chi connectivity index (χ2v) is 5.05. The van der Waals surface area contributed by atoms with Crippen LogP contribution in [-0.4, -0.2) is 25.7 Å². The fourth-order valence-corrected chi connectivity index (χ4v) is 2.54. The topological polar surface area (TPSA) is 67.4 Å². The van der Waals surface area contributed by atoms with Gasteiger partial charge in [0.15, 0.2) is 0 Å². The standard InChI is InChI=1S/C15H16N2O3S/c1-20-14(18)12-9-21-10-13(12)17-15(19)16-8-7-11-5-3-2-4-6-11/h2-6,9-10H,7-8H2,1H3,(H2,16,17,19). The molecule has 1 heterocycles. The second kappa shape index (κ2) is 7.44. The average Bonchev–Trinajstić information content (AvgIpc) is 2.95. The van der Waals surface area contributed by atoms with Gasteiger partial charge < -0.3 is 15.4 Å². The zero-order valence-electron chi connectivity index (χ0n) is 11.6. The second-order valence-electron chi connectivity index (χ2n) is 4.31. The molecule has 0 aliphatic rings. The van der Waals surface area contributed by atoms with Crippen LogP contribution in [-0.2, 0) is 11.2 Å². The molecule has 0 saturated carbocycles. The summed E-state index contributed by atoms with van der Waals surface area (Å²) in [4.78, 5) is 23.3. The van der Waals surface area contributed by atoms with Crippen molar-refractivity contribution >= 4 is 29.0 Å². The highest BCUT2D eigenvalue weighted by molar-refractivity contribution is 7.08. The van der Waals surface area contributed by atoms with Crippen molar-refractivity contribution in [1.82, 2.24) is 5.32 Å². The van der Waals surface area contributed by atoms with Crippen LogP contribution in [0.5, 0.6) is 0 Å². The van der Waals surface area contributed by atoms with Gasteiger partial charge in [0.25, 0.3) is 0 Å². The smallest absolute Gasteiger partial charge is 0.340 e. The molecular formula is C15H16N2O3S. The molecule has 0 unspecified atom stereocenters. The summed E-state index contributed by atoms with van der Waals surface area (Å²) in [6, 6.07) is 9.55. The maximum absolute atomic E-state index is 11.8. The van der Waals surface area contributed by atoms with Gasteiger partial charge in [0.05, 0.1) is 18.4 Å². The Bertz CT molecular complexity index is 610. The fourth-order valence-electron chi connectivity index (χ4n) is 1.79. The molecule has 1 aromatic heterocycles. The number of rotatable bonds is 5. The van der Waals surface area contributed by atoms with Gasteiger partial charge in [-0.3, -0.25) is 0 Å². The van der Waals surface area contributed by atoms with Gasteiger partial charge in [-0.15, -0.1) is 11.3 Å². The molecule has 2 rings (SSSR count). The van der Waals surface area contributed by atoms with E-state index < -0.39 is 5.97 Å². The Morgan fingerprint density at radius 1 is 1.19 bits per heavy atom. The lowest BCUT2D eigenvalue weighted by molar-refractivity contribution is 0.0602. The van der Waals surface area contributed by atoms with Crippen molar-refractivity contribution in [3.8, 4) is 0 Å². The van der Waals surface area contributed by atoms with Crippen LogP contribution >= 0.6 is 11.3 Å². The molecule has 0 spiro atoms. The summed E-state index contributed by atoms with van der Waals surface area (Å²) in [6.45, 7) is 0.521. The number of carbonyl (C=O) groups excluding carboxylic acids is 2. The van der Waals surface area contributed by atoms with E-state index in [2.05, 4.69) is 15.4 Å². The summed E-state index contributed by atoms with van der Waals surface area (Å²) >= 11 is 1.33. The number of esters is 1. The SMILES string of the molecule is COC(=O)c1cscc1NC(=O)NCCc1ccccc1. The van der Waals surface area contributed by atoms with Gasteiger partial charge in [0.2, 0.25) is 0 Å². The van der Waals surface area contributed by atoms with Crippen molar-refractivity contribution in [3.05, 3.63) is 52.2 Å². The van der Waals surface area contributed by atoms with Crippen molar-refractivity contribution in [2.24, 2.45) is 0 Å². The molecule has 2 aromatic rings. The quantitative estimate of drug-likeness (QED) is 0.835. The van der Waals surface area contributed by atoms with Crippen molar-refractivity contribution in [2.75, 3.05) is 19.0 Å². The zero-order chi connectivity index (χ0) is 15.1. The predicted molar refractivity (Wildman–Crippen MR) is 82.8 cm³/mol. The highest BCUT2D eigenvalue weighted by atomic mass is 32.1. The van der Waals surface area contributed by atoms with E-state index in [1.807, 2.05) is 30.3 Å².